The molecule has 5 heteroatoms. The van der Waals surface area contributed by atoms with Crippen molar-refractivity contribution in [2.75, 3.05) is 27.2 Å². The summed E-state index contributed by atoms with van der Waals surface area (Å²) in [5.41, 5.74) is 4.53. The summed E-state index contributed by atoms with van der Waals surface area (Å²) in [7, 11) is 3.58. The second-order valence-corrected chi connectivity index (χ2v) is 7.81. The zero-order chi connectivity index (χ0) is 19.0. The van der Waals surface area contributed by atoms with Gasteiger partial charge >= 0.3 is 5.97 Å². The minimum Gasteiger partial charge on any atom is -0.465 e. The van der Waals surface area contributed by atoms with E-state index in [9.17, 15) is 4.79 Å². The fourth-order valence-corrected chi connectivity index (χ4v) is 4.52. The summed E-state index contributed by atoms with van der Waals surface area (Å²) in [5, 5.41) is 0.615. The third-order valence-corrected chi connectivity index (χ3v) is 5.98. The van der Waals surface area contributed by atoms with Gasteiger partial charge in [0.1, 0.15) is 0 Å². The van der Waals surface area contributed by atoms with Gasteiger partial charge in [0.25, 0.3) is 0 Å². The van der Waals surface area contributed by atoms with E-state index in [-0.39, 0.29) is 11.9 Å². The summed E-state index contributed by atoms with van der Waals surface area (Å²) >= 11 is 6.31. The highest BCUT2D eigenvalue weighted by Crippen LogP contribution is 2.44. The maximum atomic E-state index is 12.6. The number of fused-ring (bicyclic) bond motifs is 2. The third-order valence-electron chi connectivity index (χ3n) is 5.75. The highest BCUT2D eigenvalue weighted by molar-refractivity contribution is 6.31. The van der Waals surface area contributed by atoms with Gasteiger partial charge < -0.3 is 9.64 Å². The van der Waals surface area contributed by atoms with Gasteiger partial charge in [-0.1, -0.05) is 23.7 Å². The summed E-state index contributed by atoms with van der Waals surface area (Å²) in [5.74, 6) is 0.262. The fourth-order valence-electron chi connectivity index (χ4n) is 4.34. The number of piperidine rings is 1. The predicted molar refractivity (Wildman–Crippen MR) is 108 cm³/mol. The van der Waals surface area contributed by atoms with Crippen LogP contribution >= 0.6 is 11.6 Å². The molecule has 1 saturated heterocycles. The minimum absolute atomic E-state index is 0.139. The van der Waals surface area contributed by atoms with Gasteiger partial charge in [0.2, 0.25) is 0 Å². The molecule has 1 aromatic carbocycles. The molecule has 0 amide bonds. The number of benzene rings is 1. The lowest BCUT2D eigenvalue weighted by Crippen LogP contribution is -2.33. The molecule has 1 atom stereocenters. The Kier molecular flexibility index (Phi) is 5.02. The van der Waals surface area contributed by atoms with Gasteiger partial charge in [-0.15, -0.1) is 0 Å². The Balaban J connectivity index is 1.93. The number of nitrogens with zero attached hydrogens (tertiary/aromatic N) is 2. The van der Waals surface area contributed by atoms with Crippen molar-refractivity contribution in [3.05, 3.63) is 63.9 Å². The lowest BCUT2D eigenvalue weighted by molar-refractivity contribution is -0.133. The largest absolute Gasteiger partial charge is 0.465 e. The molecule has 0 saturated carbocycles. The molecule has 1 fully saturated rings. The van der Waals surface area contributed by atoms with Crippen molar-refractivity contribution in [2.45, 2.75) is 18.8 Å². The van der Waals surface area contributed by atoms with Crippen LogP contribution < -0.4 is 0 Å². The highest BCUT2D eigenvalue weighted by atomic mass is 35.5. The first kappa shape index (κ1) is 18.2. The number of carbonyl (C=O) groups is 1. The maximum absolute atomic E-state index is 12.6. The molecule has 1 aromatic heterocycles. The van der Waals surface area contributed by atoms with Gasteiger partial charge in [0.15, 0.2) is 0 Å². The van der Waals surface area contributed by atoms with E-state index in [0.717, 1.165) is 48.3 Å². The molecule has 2 heterocycles. The van der Waals surface area contributed by atoms with Crippen LogP contribution in [0.25, 0.3) is 11.6 Å². The number of aromatic nitrogens is 1. The van der Waals surface area contributed by atoms with E-state index in [1.54, 1.807) is 0 Å². The Bertz CT molecular complexity index is 901. The smallest absolute Gasteiger partial charge is 0.338 e. The second kappa shape index (κ2) is 7.45. The van der Waals surface area contributed by atoms with E-state index in [1.165, 1.54) is 7.11 Å². The molecular formula is C22H23ClN2O2. The number of rotatable bonds is 2. The summed E-state index contributed by atoms with van der Waals surface area (Å²) in [4.78, 5) is 19.7. The predicted octanol–water partition coefficient (Wildman–Crippen LogP) is 4.24. The molecule has 4 nitrogen and oxygen atoms in total. The van der Waals surface area contributed by atoms with Crippen molar-refractivity contribution in [3.63, 3.8) is 0 Å². The zero-order valence-electron chi connectivity index (χ0n) is 15.6. The van der Waals surface area contributed by atoms with Crippen LogP contribution in [0.15, 0.2) is 36.5 Å². The molecule has 0 N–H and O–H groups in total. The summed E-state index contributed by atoms with van der Waals surface area (Å²) < 4.78 is 5.07. The molecule has 0 radical (unpaired) electrons. The minimum atomic E-state index is -0.350. The number of esters is 1. The number of methoxy groups -OCH3 is 1. The molecular weight excluding hydrogens is 360 g/mol. The molecule has 140 valence electrons. The molecule has 27 heavy (non-hydrogen) atoms. The first-order chi connectivity index (χ1) is 13.1. The lowest BCUT2D eigenvalue weighted by atomic mass is 9.76. The molecule has 2 aliphatic rings. The molecule has 2 aromatic rings. The average Bonchev–Trinajstić information content (AvgIpc) is 2.82. The maximum Gasteiger partial charge on any atom is 0.338 e. The zero-order valence-corrected chi connectivity index (χ0v) is 16.4. The Hall–Kier alpha value is -2.17. The SMILES string of the molecule is COC(=O)C1=Cc2cccnc2C(C2CCN(C)CC2)c2ccc(Cl)cc21. The summed E-state index contributed by atoms with van der Waals surface area (Å²) in [6.07, 6.45) is 5.95. The van der Waals surface area contributed by atoms with E-state index >= 15 is 0 Å². The highest BCUT2D eigenvalue weighted by Gasteiger charge is 2.35. The van der Waals surface area contributed by atoms with E-state index in [1.807, 2.05) is 36.5 Å². The summed E-state index contributed by atoms with van der Waals surface area (Å²) in [6.45, 7) is 2.15. The Morgan fingerprint density at radius 2 is 2.04 bits per heavy atom. The Labute approximate surface area is 164 Å². The average molecular weight is 383 g/mol. The van der Waals surface area contributed by atoms with E-state index in [0.29, 0.717) is 16.5 Å². The number of halogens is 1. The molecule has 1 aliphatic carbocycles. The standard InChI is InChI=1S/C22H23ClN2O2/c1-25-10-7-14(8-11-25)20-17-6-5-16(23)13-18(17)19(22(26)27-2)12-15-4-3-9-24-21(15)20/h3-6,9,12-14,20H,7-8,10-11H2,1-2H3. The number of carbonyl (C=O) groups excluding carboxylic acids is 1. The number of ether oxygens (including phenoxy) is 1. The van der Waals surface area contributed by atoms with Gasteiger partial charge in [-0.2, -0.15) is 0 Å². The van der Waals surface area contributed by atoms with E-state index < -0.39 is 0 Å². The van der Waals surface area contributed by atoms with Crippen LogP contribution in [0.5, 0.6) is 0 Å². The Morgan fingerprint density at radius 3 is 2.78 bits per heavy atom. The molecule has 0 spiro atoms. The quantitative estimate of drug-likeness (QED) is 0.729. The molecule has 1 aliphatic heterocycles. The normalized spacial score (nSPS) is 20.3. The van der Waals surface area contributed by atoms with Crippen LogP contribution in [0.2, 0.25) is 5.02 Å². The van der Waals surface area contributed by atoms with E-state index in [4.69, 9.17) is 21.3 Å². The first-order valence-electron chi connectivity index (χ1n) is 9.31. The number of pyridine rings is 1. The van der Waals surface area contributed by atoms with Crippen LogP contribution in [-0.2, 0) is 9.53 Å². The van der Waals surface area contributed by atoms with Crippen molar-refractivity contribution >= 4 is 29.2 Å². The van der Waals surface area contributed by atoms with Crippen molar-refractivity contribution in [1.82, 2.24) is 9.88 Å². The van der Waals surface area contributed by atoms with Crippen molar-refractivity contribution in [3.8, 4) is 0 Å². The second-order valence-electron chi connectivity index (χ2n) is 7.38. The molecule has 0 bridgehead atoms. The van der Waals surface area contributed by atoms with Crippen LogP contribution in [0, 0.1) is 5.92 Å². The molecule has 4 rings (SSSR count). The third kappa shape index (κ3) is 3.40. The van der Waals surface area contributed by atoms with Gasteiger partial charge in [0, 0.05) is 17.1 Å². The van der Waals surface area contributed by atoms with Crippen LogP contribution in [0.3, 0.4) is 0 Å². The topological polar surface area (TPSA) is 42.4 Å². The van der Waals surface area contributed by atoms with Gasteiger partial charge in [-0.05, 0) is 79.9 Å². The fraction of sp³-hybridized carbons (Fsp3) is 0.364. The Morgan fingerprint density at radius 1 is 1.26 bits per heavy atom. The van der Waals surface area contributed by atoms with Crippen LogP contribution in [-0.4, -0.2) is 43.1 Å². The summed E-state index contributed by atoms with van der Waals surface area (Å²) in [6, 6.07) is 9.79. The van der Waals surface area contributed by atoms with Crippen molar-refractivity contribution in [2.24, 2.45) is 5.92 Å². The first-order valence-corrected chi connectivity index (χ1v) is 9.69. The number of likely N-dealkylation sites (tertiary alicyclic amines) is 1. The van der Waals surface area contributed by atoms with E-state index in [2.05, 4.69) is 18.0 Å². The van der Waals surface area contributed by atoms with Gasteiger partial charge in [-0.25, -0.2) is 4.79 Å². The van der Waals surface area contributed by atoms with Crippen molar-refractivity contribution in [1.29, 1.82) is 0 Å². The monoisotopic (exact) mass is 382 g/mol. The lowest BCUT2D eigenvalue weighted by Gasteiger charge is -2.35. The van der Waals surface area contributed by atoms with Gasteiger partial charge in [-0.3, -0.25) is 4.98 Å². The number of hydrogen-bond donors (Lipinski definition) is 0. The number of hydrogen-bond acceptors (Lipinski definition) is 4. The van der Waals surface area contributed by atoms with Crippen molar-refractivity contribution < 1.29 is 9.53 Å². The molecule has 1 unspecified atom stereocenters. The van der Waals surface area contributed by atoms with Crippen LogP contribution in [0.4, 0.5) is 0 Å². The van der Waals surface area contributed by atoms with Crippen LogP contribution in [0.1, 0.15) is 41.1 Å². The van der Waals surface area contributed by atoms with Gasteiger partial charge in [0.05, 0.1) is 18.4 Å².